The van der Waals surface area contributed by atoms with Gasteiger partial charge in [0.25, 0.3) is 5.91 Å². The average molecular weight is 340 g/mol. The molecule has 4 aliphatic carbocycles. The Morgan fingerprint density at radius 3 is 2.22 bits per heavy atom. The van der Waals surface area contributed by atoms with Gasteiger partial charge in [0.2, 0.25) is 0 Å². The molecule has 0 unspecified atom stereocenters. The van der Waals surface area contributed by atoms with Crippen LogP contribution in [0.5, 0.6) is 0 Å². The lowest BCUT2D eigenvalue weighted by Gasteiger charge is -2.56. The van der Waals surface area contributed by atoms with E-state index in [4.69, 9.17) is 11.6 Å². The molecule has 124 valence electrons. The molecule has 4 saturated carbocycles. The Morgan fingerprint density at radius 2 is 1.70 bits per heavy atom. The second-order valence-corrected chi connectivity index (χ2v) is 8.21. The van der Waals surface area contributed by atoms with E-state index in [0.717, 1.165) is 25.3 Å². The van der Waals surface area contributed by atoms with Crippen molar-refractivity contribution < 1.29 is 13.6 Å². The number of carbonyl (C=O) groups excluding carboxylic acids is 1. The summed E-state index contributed by atoms with van der Waals surface area (Å²) in [4.78, 5) is 12.7. The Bertz CT molecular complexity index is 627. The second kappa shape index (κ2) is 5.17. The molecule has 0 spiro atoms. The summed E-state index contributed by atoms with van der Waals surface area (Å²) in [5, 5.41) is 3.05. The largest absolute Gasteiger partial charge is 0.346 e. The molecule has 0 heterocycles. The zero-order valence-corrected chi connectivity index (χ0v) is 13.9. The highest BCUT2D eigenvalue weighted by atomic mass is 35.5. The fourth-order valence-corrected chi connectivity index (χ4v) is 5.72. The zero-order valence-electron chi connectivity index (χ0n) is 13.1. The third kappa shape index (κ3) is 2.46. The van der Waals surface area contributed by atoms with Crippen molar-refractivity contribution in [3.8, 4) is 0 Å². The number of nitrogens with one attached hydrogen (secondary N) is 1. The Kier molecular flexibility index (Phi) is 3.45. The molecule has 5 rings (SSSR count). The number of aryl methyl sites for hydroxylation is 1. The molecule has 0 saturated heterocycles. The molecule has 4 aliphatic rings. The summed E-state index contributed by atoms with van der Waals surface area (Å²) in [7, 11) is 0. The standard InChI is InChI=1S/C18H20ClF2NO/c1-9-2-13(20)16(21)14(15(9)19)17(23)22-18-6-10-3-11(7-18)5-12(4-10)8-18/h2,10-12H,3-8H2,1H3,(H,22,23). The number of carbonyl (C=O) groups is 1. The van der Waals surface area contributed by atoms with E-state index in [1.54, 1.807) is 6.92 Å². The summed E-state index contributed by atoms with van der Waals surface area (Å²) in [6, 6.07) is 1.03. The molecular formula is C18H20ClF2NO. The minimum Gasteiger partial charge on any atom is -0.346 e. The quantitative estimate of drug-likeness (QED) is 0.782. The maximum absolute atomic E-state index is 14.1. The van der Waals surface area contributed by atoms with Crippen molar-refractivity contribution in [2.24, 2.45) is 17.8 Å². The van der Waals surface area contributed by atoms with Gasteiger partial charge in [0.15, 0.2) is 11.6 Å². The number of amides is 1. The molecule has 1 N–H and O–H groups in total. The molecule has 1 aromatic carbocycles. The number of halogens is 3. The van der Waals surface area contributed by atoms with Crippen molar-refractivity contribution in [2.45, 2.75) is 51.0 Å². The summed E-state index contributed by atoms with van der Waals surface area (Å²) in [5.74, 6) is -0.759. The van der Waals surface area contributed by atoms with Gasteiger partial charge in [-0.15, -0.1) is 0 Å². The van der Waals surface area contributed by atoms with Gasteiger partial charge in [-0.05, 0) is 74.8 Å². The van der Waals surface area contributed by atoms with Crippen LogP contribution in [0.1, 0.15) is 54.4 Å². The summed E-state index contributed by atoms with van der Waals surface area (Å²) in [5.41, 5.74) is -0.219. The Balaban J connectivity index is 1.64. The highest BCUT2D eigenvalue weighted by molar-refractivity contribution is 6.34. The van der Waals surface area contributed by atoms with E-state index in [1.807, 2.05) is 0 Å². The van der Waals surface area contributed by atoms with E-state index in [9.17, 15) is 13.6 Å². The first-order chi connectivity index (χ1) is 10.9. The van der Waals surface area contributed by atoms with E-state index < -0.39 is 17.5 Å². The van der Waals surface area contributed by atoms with Gasteiger partial charge in [-0.1, -0.05) is 11.6 Å². The van der Waals surface area contributed by atoms with Gasteiger partial charge >= 0.3 is 0 Å². The average Bonchev–Trinajstić information content (AvgIpc) is 2.43. The number of benzene rings is 1. The normalized spacial score (nSPS) is 34.7. The Hall–Kier alpha value is -1.16. The fourth-order valence-electron chi connectivity index (χ4n) is 5.50. The van der Waals surface area contributed by atoms with Gasteiger partial charge in [-0.3, -0.25) is 4.79 Å². The summed E-state index contributed by atoms with van der Waals surface area (Å²) in [6.07, 6.45) is 6.63. The Labute approximate surface area is 139 Å². The second-order valence-electron chi connectivity index (χ2n) is 7.83. The number of rotatable bonds is 2. The molecule has 1 amide bonds. The summed E-state index contributed by atoms with van der Waals surface area (Å²) in [6.45, 7) is 1.58. The monoisotopic (exact) mass is 339 g/mol. The first-order valence-electron chi connectivity index (χ1n) is 8.33. The van der Waals surface area contributed by atoms with Crippen LogP contribution in [-0.4, -0.2) is 11.4 Å². The smallest absolute Gasteiger partial charge is 0.256 e. The van der Waals surface area contributed by atoms with E-state index in [0.29, 0.717) is 23.3 Å². The van der Waals surface area contributed by atoms with Gasteiger partial charge in [-0.25, -0.2) is 8.78 Å². The van der Waals surface area contributed by atoms with Gasteiger partial charge in [0.1, 0.15) is 0 Å². The zero-order chi connectivity index (χ0) is 16.4. The van der Waals surface area contributed by atoms with E-state index in [2.05, 4.69) is 5.32 Å². The molecule has 0 atom stereocenters. The van der Waals surface area contributed by atoms with E-state index in [-0.39, 0.29) is 16.1 Å². The van der Waals surface area contributed by atoms with Crippen LogP contribution in [-0.2, 0) is 0 Å². The third-order valence-electron chi connectivity index (χ3n) is 5.98. The lowest BCUT2D eigenvalue weighted by molar-refractivity contribution is -0.0167. The van der Waals surface area contributed by atoms with Crippen LogP contribution >= 0.6 is 11.6 Å². The molecule has 23 heavy (non-hydrogen) atoms. The molecule has 0 aliphatic heterocycles. The summed E-state index contributed by atoms with van der Waals surface area (Å²) < 4.78 is 27.8. The molecule has 0 radical (unpaired) electrons. The first-order valence-corrected chi connectivity index (χ1v) is 8.71. The van der Waals surface area contributed by atoms with Crippen molar-refractivity contribution in [1.82, 2.24) is 5.32 Å². The Morgan fingerprint density at radius 1 is 1.17 bits per heavy atom. The van der Waals surface area contributed by atoms with E-state index in [1.165, 1.54) is 19.3 Å². The highest BCUT2D eigenvalue weighted by Gasteiger charge is 2.51. The number of hydrogen-bond donors (Lipinski definition) is 1. The van der Waals surface area contributed by atoms with Gasteiger partial charge in [0, 0.05) is 5.54 Å². The van der Waals surface area contributed by atoms with Crippen molar-refractivity contribution in [3.05, 3.63) is 33.9 Å². The molecule has 2 nitrogen and oxygen atoms in total. The van der Waals surface area contributed by atoms with Crippen LogP contribution in [0.4, 0.5) is 8.78 Å². The predicted octanol–water partition coefficient (Wildman–Crippen LogP) is 4.63. The SMILES string of the molecule is Cc1cc(F)c(F)c(C(=O)NC23CC4CC(CC(C4)C2)C3)c1Cl. The fraction of sp³-hybridized carbons (Fsp3) is 0.611. The predicted molar refractivity (Wildman–Crippen MR) is 84.5 cm³/mol. The minimum atomic E-state index is -1.15. The topological polar surface area (TPSA) is 29.1 Å². The lowest BCUT2D eigenvalue weighted by atomic mass is 9.53. The third-order valence-corrected chi connectivity index (χ3v) is 6.47. The van der Waals surface area contributed by atoms with Crippen LogP contribution in [0.2, 0.25) is 5.02 Å². The van der Waals surface area contributed by atoms with Crippen LogP contribution < -0.4 is 5.32 Å². The van der Waals surface area contributed by atoms with Crippen molar-refractivity contribution >= 4 is 17.5 Å². The molecule has 0 aromatic heterocycles. The first kappa shape index (κ1) is 15.4. The maximum atomic E-state index is 14.1. The molecular weight excluding hydrogens is 320 g/mol. The highest BCUT2D eigenvalue weighted by Crippen LogP contribution is 2.55. The lowest BCUT2D eigenvalue weighted by Crippen LogP contribution is -2.60. The van der Waals surface area contributed by atoms with Crippen molar-refractivity contribution in [1.29, 1.82) is 0 Å². The van der Waals surface area contributed by atoms with E-state index >= 15 is 0 Å². The summed E-state index contributed by atoms with van der Waals surface area (Å²) >= 11 is 6.08. The molecule has 4 fully saturated rings. The van der Waals surface area contributed by atoms with Gasteiger partial charge in [-0.2, -0.15) is 0 Å². The van der Waals surface area contributed by atoms with Crippen LogP contribution in [0, 0.1) is 36.3 Å². The van der Waals surface area contributed by atoms with Gasteiger partial charge in [0.05, 0.1) is 10.6 Å². The van der Waals surface area contributed by atoms with Gasteiger partial charge < -0.3 is 5.32 Å². The van der Waals surface area contributed by atoms with Crippen LogP contribution in [0.15, 0.2) is 6.07 Å². The van der Waals surface area contributed by atoms with Crippen LogP contribution in [0.3, 0.4) is 0 Å². The molecule has 4 bridgehead atoms. The molecule has 1 aromatic rings. The maximum Gasteiger partial charge on any atom is 0.256 e. The van der Waals surface area contributed by atoms with Crippen molar-refractivity contribution in [2.75, 3.05) is 0 Å². The van der Waals surface area contributed by atoms with Crippen LogP contribution in [0.25, 0.3) is 0 Å². The minimum absolute atomic E-state index is 0.00567. The number of hydrogen-bond acceptors (Lipinski definition) is 1. The van der Waals surface area contributed by atoms with Crippen molar-refractivity contribution in [3.63, 3.8) is 0 Å². The molecule has 5 heteroatoms.